The Labute approximate surface area is 356 Å². The van der Waals surface area contributed by atoms with Gasteiger partial charge in [-0.25, -0.2) is 21.0 Å². The Kier molecular flexibility index (Phi) is 13.2. The van der Waals surface area contributed by atoms with Crippen molar-refractivity contribution < 1.29 is 91.0 Å². The lowest BCUT2D eigenvalue weighted by molar-refractivity contribution is 0.284. The van der Waals surface area contributed by atoms with Crippen LogP contribution in [-0.4, -0.2) is 111 Å². The molecule has 0 bridgehead atoms. The Morgan fingerprint density at radius 3 is 1.63 bits per heavy atom. The number of phenolic OH excluding ortho intramolecular Hbond substituents is 1. The Balaban J connectivity index is 1.63. The van der Waals surface area contributed by atoms with Crippen LogP contribution in [0.15, 0.2) is 112 Å². The SMILES string of the molecule is Nc1ccc2c(O)c(/N=N/c3ccc4cc(S(=O)(=O)CCOS(=O)(=O)O)ccc4c3S(=O)(=O)O)c(S(=O)(=O)O)cc2c1/N=N/c1ccc(S(=O)(=O)CCS(=O)(=O)O)cc1S(=O)(=O)O. The van der Waals surface area contributed by atoms with Crippen LogP contribution in [0.4, 0.5) is 28.4 Å². The van der Waals surface area contributed by atoms with Gasteiger partial charge in [-0.2, -0.15) is 42.1 Å². The summed E-state index contributed by atoms with van der Waals surface area (Å²) < 4.78 is 221. The van der Waals surface area contributed by atoms with E-state index < -0.39 is 153 Å². The van der Waals surface area contributed by atoms with Gasteiger partial charge in [0.2, 0.25) is 0 Å². The van der Waals surface area contributed by atoms with Gasteiger partial charge < -0.3 is 10.8 Å². The molecule has 0 amide bonds. The van der Waals surface area contributed by atoms with Crippen molar-refractivity contribution >= 4 is 121 Å². The zero-order chi connectivity index (χ0) is 47.3. The summed E-state index contributed by atoms with van der Waals surface area (Å²) in [6.07, 6.45) is 0. The molecule has 340 valence electrons. The summed E-state index contributed by atoms with van der Waals surface area (Å²) in [7, 11) is -34.7. The van der Waals surface area contributed by atoms with Gasteiger partial charge in [-0.05, 0) is 60.0 Å². The number of sulfone groups is 2. The lowest BCUT2D eigenvalue weighted by atomic mass is 10.1. The van der Waals surface area contributed by atoms with Crippen LogP contribution in [0, 0.1) is 0 Å². The Morgan fingerprint density at radius 1 is 0.508 bits per heavy atom. The summed E-state index contributed by atoms with van der Waals surface area (Å²) in [5, 5.41) is 24.7. The highest BCUT2D eigenvalue weighted by atomic mass is 32.3. The van der Waals surface area contributed by atoms with Gasteiger partial charge >= 0.3 is 10.4 Å². The van der Waals surface area contributed by atoms with Crippen molar-refractivity contribution in [3.05, 3.63) is 66.7 Å². The number of rotatable bonds is 16. The maximum atomic E-state index is 12.7. The Bertz CT molecular complexity index is 3620. The maximum Gasteiger partial charge on any atom is 0.397 e. The van der Waals surface area contributed by atoms with E-state index >= 15 is 0 Å². The molecule has 5 aromatic rings. The van der Waals surface area contributed by atoms with Crippen LogP contribution >= 0.6 is 0 Å². The fourth-order valence-electron chi connectivity index (χ4n) is 5.52. The monoisotopic (exact) mass is 1020 g/mol. The number of nitrogens with zero attached hydrogens (tertiary/aromatic N) is 4. The molecule has 33 heteroatoms. The van der Waals surface area contributed by atoms with Gasteiger partial charge in [-0.15, -0.1) is 20.5 Å². The number of anilines is 1. The summed E-state index contributed by atoms with van der Waals surface area (Å²) in [4.78, 5) is -4.75. The highest BCUT2D eigenvalue weighted by molar-refractivity contribution is 7.93. The zero-order valence-corrected chi connectivity index (χ0v) is 36.4. The second-order valence-electron chi connectivity index (χ2n) is 12.6. The number of aromatic hydroxyl groups is 1. The molecule has 0 saturated heterocycles. The largest absolute Gasteiger partial charge is 0.505 e. The van der Waals surface area contributed by atoms with Gasteiger partial charge in [-0.1, -0.05) is 12.1 Å². The highest BCUT2D eigenvalue weighted by Crippen LogP contribution is 2.46. The maximum absolute atomic E-state index is 12.7. The van der Waals surface area contributed by atoms with E-state index in [4.69, 9.17) is 14.8 Å². The molecule has 8 N–H and O–H groups in total. The van der Waals surface area contributed by atoms with E-state index in [0.29, 0.717) is 12.1 Å². The Hall–Kier alpha value is -5.17. The standard InChI is InChI=1S/C30H27N5O21S7/c31-22-6-5-20-21(27(22)34-32-23-8-3-18(14-25(23)60(44,45)46)58(39,40)11-12-59(41,42)43)15-26(61(47,48)49)28(29(20)36)35-33-24-7-1-16-13-17(2-4-19(16)30(24)62(50,51)52)57(37,38)10-9-56-63(53,54)55/h1-8,13-15,36H,9-12,31H2,(H,41,42,43)(H,44,45,46)(H,47,48,49)(H,50,51,52)(H,53,54,55)/b34-32+,35-33+. The third kappa shape index (κ3) is 11.5. The van der Waals surface area contributed by atoms with E-state index in [9.17, 15) is 77.7 Å². The van der Waals surface area contributed by atoms with Gasteiger partial charge in [0.15, 0.2) is 25.4 Å². The second kappa shape index (κ2) is 17.1. The zero-order valence-electron chi connectivity index (χ0n) is 30.7. The molecule has 0 atom stereocenters. The lowest BCUT2D eigenvalue weighted by Crippen LogP contribution is -2.17. The number of hydrogen-bond acceptors (Lipinski definition) is 21. The molecule has 0 heterocycles. The third-order valence-corrected chi connectivity index (χ3v) is 15.9. The van der Waals surface area contributed by atoms with Gasteiger partial charge in [-0.3, -0.25) is 22.8 Å². The first-order valence-electron chi connectivity index (χ1n) is 16.3. The molecule has 0 unspecified atom stereocenters. The number of azo groups is 2. The molecule has 26 nitrogen and oxygen atoms in total. The summed E-state index contributed by atoms with van der Waals surface area (Å²) in [5.74, 6) is -4.52. The molecule has 63 heavy (non-hydrogen) atoms. The minimum Gasteiger partial charge on any atom is -0.505 e. The number of fused-ring (bicyclic) bond motifs is 2. The van der Waals surface area contributed by atoms with E-state index in [2.05, 4.69) is 24.6 Å². The summed E-state index contributed by atoms with van der Waals surface area (Å²) >= 11 is 0. The van der Waals surface area contributed by atoms with E-state index in [1.807, 2.05) is 0 Å². The van der Waals surface area contributed by atoms with Gasteiger partial charge in [0.25, 0.3) is 40.5 Å². The molecule has 0 radical (unpaired) electrons. The average Bonchev–Trinajstić information content (AvgIpc) is 3.13. The van der Waals surface area contributed by atoms with E-state index in [-0.39, 0.29) is 21.8 Å². The van der Waals surface area contributed by atoms with Crippen molar-refractivity contribution in [2.75, 3.05) is 29.6 Å². The van der Waals surface area contributed by atoms with Gasteiger partial charge in [0, 0.05) is 16.2 Å². The summed E-state index contributed by atoms with van der Waals surface area (Å²) in [6, 6.07) is 9.29. The molecular formula is C30H27N5O21S7. The highest BCUT2D eigenvalue weighted by Gasteiger charge is 2.28. The second-order valence-corrected chi connectivity index (χ2v) is 23.6. The van der Waals surface area contributed by atoms with Crippen molar-refractivity contribution in [1.29, 1.82) is 0 Å². The number of hydrogen-bond donors (Lipinski definition) is 7. The van der Waals surface area contributed by atoms with Crippen molar-refractivity contribution in [2.45, 2.75) is 24.5 Å². The van der Waals surface area contributed by atoms with Crippen LogP contribution < -0.4 is 5.73 Å². The quantitative estimate of drug-likeness (QED) is 0.0424. The number of phenols is 1. The molecule has 0 aliphatic rings. The van der Waals surface area contributed by atoms with Crippen LogP contribution in [0.5, 0.6) is 5.75 Å². The molecular weight excluding hydrogens is 991 g/mol. The molecule has 5 rings (SSSR count). The molecule has 5 aromatic carbocycles. The first kappa shape index (κ1) is 48.9. The molecule has 0 aliphatic heterocycles. The number of nitrogens with two attached hydrogens (primary N) is 1. The van der Waals surface area contributed by atoms with Crippen LogP contribution in [0.1, 0.15) is 0 Å². The topological polar surface area (TPSA) is 445 Å². The first-order valence-corrected chi connectivity index (χ1v) is 26.9. The van der Waals surface area contributed by atoms with Crippen LogP contribution in [0.2, 0.25) is 0 Å². The fraction of sp³-hybridized carbons (Fsp3) is 0.133. The van der Waals surface area contributed by atoms with Crippen molar-refractivity contribution in [1.82, 2.24) is 0 Å². The minimum absolute atomic E-state index is 0.162. The van der Waals surface area contributed by atoms with Gasteiger partial charge in [0.1, 0.15) is 37.4 Å². The first-order chi connectivity index (χ1) is 28.7. The van der Waals surface area contributed by atoms with E-state index in [1.165, 1.54) is 0 Å². The summed E-state index contributed by atoms with van der Waals surface area (Å²) in [6.45, 7) is -0.990. The molecule has 0 spiro atoms. The Morgan fingerprint density at radius 2 is 1.05 bits per heavy atom. The molecule has 0 aromatic heterocycles. The van der Waals surface area contributed by atoms with Crippen LogP contribution in [0.25, 0.3) is 21.5 Å². The van der Waals surface area contributed by atoms with Gasteiger partial charge in [0.05, 0.1) is 39.3 Å². The lowest BCUT2D eigenvalue weighted by Gasteiger charge is -2.12. The van der Waals surface area contributed by atoms with Crippen LogP contribution in [0.3, 0.4) is 0 Å². The molecule has 0 saturated carbocycles. The fourth-order valence-corrected chi connectivity index (χ4v) is 11.8. The van der Waals surface area contributed by atoms with Crippen molar-refractivity contribution in [2.24, 2.45) is 20.5 Å². The van der Waals surface area contributed by atoms with Crippen molar-refractivity contribution in [3.63, 3.8) is 0 Å². The normalized spacial score (nSPS) is 13.7. The average molecular weight is 1020 g/mol. The summed E-state index contributed by atoms with van der Waals surface area (Å²) in [5.41, 5.74) is 2.58. The predicted molar refractivity (Wildman–Crippen MR) is 216 cm³/mol. The predicted octanol–water partition coefficient (Wildman–Crippen LogP) is 3.11. The molecule has 0 fully saturated rings. The van der Waals surface area contributed by atoms with E-state index in [0.717, 1.165) is 54.6 Å². The number of nitrogen functional groups attached to an aromatic ring is 1. The van der Waals surface area contributed by atoms with E-state index in [1.54, 1.807) is 0 Å². The smallest absolute Gasteiger partial charge is 0.397 e. The number of benzene rings is 5. The third-order valence-electron chi connectivity index (χ3n) is 8.33. The minimum atomic E-state index is -5.44. The van der Waals surface area contributed by atoms with Crippen LogP contribution in [-0.2, 0) is 74.7 Å². The molecule has 0 aliphatic carbocycles. The van der Waals surface area contributed by atoms with Crippen molar-refractivity contribution in [3.8, 4) is 5.75 Å².